The van der Waals surface area contributed by atoms with Crippen LogP contribution in [0.4, 0.5) is 8.78 Å². The van der Waals surface area contributed by atoms with E-state index in [1.165, 1.54) is 12.1 Å². The fourth-order valence-electron chi connectivity index (χ4n) is 2.89. The molecule has 0 aliphatic heterocycles. The summed E-state index contributed by atoms with van der Waals surface area (Å²) in [4.78, 5) is 54.7. The predicted molar refractivity (Wildman–Crippen MR) is 112 cm³/mol. The van der Waals surface area contributed by atoms with E-state index in [1.54, 1.807) is 24.3 Å². The molecule has 1 heterocycles. The van der Waals surface area contributed by atoms with Crippen molar-refractivity contribution in [2.75, 3.05) is 6.61 Å². The normalized spacial score (nSPS) is 10.8. The Hall–Kier alpha value is -4.15. The molecule has 0 unspecified atom stereocenters. The number of nitrogens with one attached hydrogen (secondary N) is 2. The standard InChI is InChI=1S/C22H19F2N3O6/c23-22(24)33-14-10-8-13(9-11-14)20(30)27-18(28)12-32-19(29)7-3-6-17-25-16-5-2-1-4-15(16)21(31)26-17/h1-2,4-5,8-11,22H,3,6-7,12H2,(H,25,26,31)(H,27,28,30). The number of imide groups is 1. The van der Waals surface area contributed by atoms with E-state index in [2.05, 4.69) is 14.7 Å². The minimum Gasteiger partial charge on any atom is -0.456 e. The number of esters is 1. The average molecular weight is 459 g/mol. The number of aryl methyl sites for hydroxylation is 1. The number of halogens is 2. The molecule has 2 N–H and O–H groups in total. The summed E-state index contributed by atoms with van der Waals surface area (Å²) in [6, 6.07) is 11.6. The van der Waals surface area contributed by atoms with Gasteiger partial charge in [-0.15, -0.1) is 0 Å². The summed E-state index contributed by atoms with van der Waals surface area (Å²) in [5.41, 5.74) is 0.320. The van der Waals surface area contributed by atoms with Crippen LogP contribution >= 0.6 is 0 Å². The maximum Gasteiger partial charge on any atom is 0.387 e. The van der Waals surface area contributed by atoms with E-state index >= 15 is 0 Å². The van der Waals surface area contributed by atoms with Crippen LogP contribution in [0.5, 0.6) is 5.75 Å². The number of aromatic nitrogens is 2. The quantitative estimate of drug-likeness (QED) is 0.470. The van der Waals surface area contributed by atoms with Crippen LogP contribution in [-0.2, 0) is 20.7 Å². The van der Waals surface area contributed by atoms with Crippen LogP contribution in [0.1, 0.15) is 29.0 Å². The number of hydrogen-bond donors (Lipinski definition) is 2. The number of amides is 2. The van der Waals surface area contributed by atoms with Crippen molar-refractivity contribution in [2.24, 2.45) is 0 Å². The van der Waals surface area contributed by atoms with Crippen LogP contribution in [0, 0.1) is 0 Å². The van der Waals surface area contributed by atoms with Crippen molar-refractivity contribution in [3.63, 3.8) is 0 Å². The third kappa shape index (κ3) is 6.92. The van der Waals surface area contributed by atoms with Crippen molar-refractivity contribution in [1.82, 2.24) is 15.3 Å². The topological polar surface area (TPSA) is 127 Å². The number of nitrogens with zero attached hydrogens (tertiary/aromatic N) is 1. The van der Waals surface area contributed by atoms with Crippen LogP contribution in [0.25, 0.3) is 10.9 Å². The van der Waals surface area contributed by atoms with Crippen molar-refractivity contribution < 1.29 is 32.6 Å². The molecule has 2 aromatic carbocycles. The van der Waals surface area contributed by atoms with E-state index in [9.17, 15) is 28.0 Å². The summed E-state index contributed by atoms with van der Waals surface area (Å²) in [6.07, 6.45) is 0.627. The Morgan fingerprint density at radius 2 is 1.79 bits per heavy atom. The van der Waals surface area contributed by atoms with Crippen LogP contribution in [-0.4, -0.2) is 41.0 Å². The Morgan fingerprint density at radius 1 is 1.06 bits per heavy atom. The predicted octanol–water partition coefficient (Wildman–Crippen LogP) is 2.35. The van der Waals surface area contributed by atoms with Crippen LogP contribution in [0.2, 0.25) is 0 Å². The highest BCUT2D eigenvalue weighted by Crippen LogP contribution is 2.14. The SMILES string of the molecule is O=C(COC(=O)CCCc1nc2ccccc2c(=O)[nH]1)NC(=O)c1ccc(OC(F)F)cc1. The van der Waals surface area contributed by atoms with Gasteiger partial charge in [-0.05, 0) is 42.8 Å². The number of ether oxygens (including phenoxy) is 2. The zero-order chi connectivity index (χ0) is 23.8. The van der Waals surface area contributed by atoms with Gasteiger partial charge < -0.3 is 14.5 Å². The molecule has 9 nitrogen and oxygen atoms in total. The molecule has 33 heavy (non-hydrogen) atoms. The molecule has 3 rings (SSSR count). The molecule has 0 bridgehead atoms. The molecule has 0 spiro atoms. The fraction of sp³-hybridized carbons (Fsp3) is 0.227. The van der Waals surface area contributed by atoms with E-state index in [-0.39, 0.29) is 23.3 Å². The number of aromatic amines is 1. The number of H-pyrrole nitrogens is 1. The summed E-state index contributed by atoms with van der Waals surface area (Å²) in [5.74, 6) is -1.99. The maximum absolute atomic E-state index is 12.1. The summed E-state index contributed by atoms with van der Waals surface area (Å²) in [5, 5.41) is 2.49. The van der Waals surface area contributed by atoms with Gasteiger partial charge in [0.15, 0.2) is 6.61 Å². The molecule has 0 saturated heterocycles. The molecule has 0 atom stereocenters. The molecule has 3 aromatic rings. The summed E-state index contributed by atoms with van der Waals surface area (Å²) in [6.45, 7) is -3.66. The first-order valence-electron chi connectivity index (χ1n) is 9.84. The van der Waals surface area contributed by atoms with Gasteiger partial charge >= 0.3 is 12.6 Å². The van der Waals surface area contributed by atoms with Gasteiger partial charge in [0.05, 0.1) is 10.9 Å². The Morgan fingerprint density at radius 3 is 2.52 bits per heavy atom. The first kappa shape index (κ1) is 23.5. The van der Waals surface area contributed by atoms with E-state index in [0.717, 1.165) is 12.1 Å². The van der Waals surface area contributed by atoms with Gasteiger partial charge in [0.25, 0.3) is 17.4 Å². The maximum atomic E-state index is 12.1. The van der Waals surface area contributed by atoms with Gasteiger partial charge in [-0.1, -0.05) is 12.1 Å². The number of carbonyl (C=O) groups is 3. The molecule has 2 amide bonds. The van der Waals surface area contributed by atoms with Gasteiger partial charge in [0.2, 0.25) is 0 Å². The molecular formula is C22H19F2N3O6. The minimum atomic E-state index is -2.99. The molecule has 0 aliphatic carbocycles. The molecule has 1 aromatic heterocycles. The largest absolute Gasteiger partial charge is 0.456 e. The number of benzene rings is 2. The lowest BCUT2D eigenvalue weighted by Crippen LogP contribution is -2.34. The van der Waals surface area contributed by atoms with E-state index in [1.807, 2.05) is 5.32 Å². The zero-order valence-electron chi connectivity index (χ0n) is 17.2. The summed E-state index contributed by atoms with van der Waals surface area (Å²) < 4.78 is 33.3. The first-order valence-corrected chi connectivity index (χ1v) is 9.84. The van der Waals surface area contributed by atoms with Gasteiger partial charge in [-0.25, -0.2) is 4.98 Å². The highest BCUT2D eigenvalue weighted by molar-refractivity contribution is 6.05. The lowest BCUT2D eigenvalue weighted by Gasteiger charge is -2.07. The Labute approximate surface area is 185 Å². The molecule has 11 heteroatoms. The number of rotatable bonds is 9. The number of alkyl halides is 2. The third-order valence-electron chi connectivity index (χ3n) is 4.42. The van der Waals surface area contributed by atoms with E-state index in [0.29, 0.717) is 29.6 Å². The van der Waals surface area contributed by atoms with Crippen LogP contribution < -0.4 is 15.6 Å². The number of fused-ring (bicyclic) bond motifs is 1. The van der Waals surface area contributed by atoms with E-state index in [4.69, 9.17) is 4.74 Å². The third-order valence-corrected chi connectivity index (χ3v) is 4.42. The van der Waals surface area contributed by atoms with Gasteiger partial charge in [-0.2, -0.15) is 8.78 Å². The smallest absolute Gasteiger partial charge is 0.387 e. The molecule has 0 saturated carbocycles. The van der Waals surface area contributed by atoms with Crippen molar-refractivity contribution in [2.45, 2.75) is 25.9 Å². The second-order valence-corrected chi connectivity index (χ2v) is 6.82. The molecule has 172 valence electrons. The van der Waals surface area contributed by atoms with Crippen LogP contribution in [0.3, 0.4) is 0 Å². The summed E-state index contributed by atoms with van der Waals surface area (Å²) in [7, 11) is 0. The molecule has 0 radical (unpaired) electrons. The Bertz CT molecular complexity index is 1210. The van der Waals surface area contributed by atoms with Gasteiger partial charge in [0.1, 0.15) is 11.6 Å². The second kappa shape index (κ2) is 10.9. The number of carbonyl (C=O) groups excluding carboxylic acids is 3. The monoisotopic (exact) mass is 459 g/mol. The summed E-state index contributed by atoms with van der Waals surface area (Å²) >= 11 is 0. The minimum absolute atomic E-state index is 0.0244. The van der Waals surface area contributed by atoms with Crippen molar-refractivity contribution >= 4 is 28.7 Å². The Kier molecular flexibility index (Phi) is 7.79. The van der Waals surface area contributed by atoms with Crippen molar-refractivity contribution in [3.05, 3.63) is 70.3 Å². The van der Waals surface area contributed by atoms with Gasteiger partial charge in [-0.3, -0.25) is 24.5 Å². The Balaban J connectivity index is 1.40. The fourth-order valence-corrected chi connectivity index (χ4v) is 2.89. The van der Waals surface area contributed by atoms with Crippen molar-refractivity contribution in [1.29, 1.82) is 0 Å². The number of para-hydroxylation sites is 1. The molecule has 0 fully saturated rings. The first-order chi connectivity index (χ1) is 15.8. The lowest BCUT2D eigenvalue weighted by molar-refractivity contribution is -0.148. The van der Waals surface area contributed by atoms with Crippen molar-refractivity contribution in [3.8, 4) is 5.75 Å². The second-order valence-electron chi connectivity index (χ2n) is 6.82. The van der Waals surface area contributed by atoms with E-state index < -0.39 is 31.0 Å². The zero-order valence-corrected chi connectivity index (χ0v) is 17.2. The average Bonchev–Trinajstić information content (AvgIpc) is 2.78. The highest BCUT2D eigenvalue weighted by Gasteiger charge is 2.14. The lowest BCUT2D eigenvalue weighted by atomic mass is 10.2. The van der Waals surface area contributed by atoms with Gasteiger partial charge in [0, 0.05) is 18.4 Å². The van der Waals surface area contributed by atoms with Crippen LogP contribution in [0.15, 0.2) is 53.3 Å². The highest BCUT2D eigenvalue weighted by atomic mass is 19.3. The number of hydrogen-bond acceptors (Lipinski definition) is 7. The molecule has 0 aliphatic rings. The molecular weight excluding hydrogens is 440 g/mol.